The Morgan fingerprint density at radius 2 is 2.35 bits per heavy atom. The highest BCUT2D eigenvalue weighted by atomic mass is 32.1. The Labute approximate surface area is 141 Å². The van der Waals surface area contributed by atoms with Gasteiger partial charge in [-0.05, 0) is 49.5 Å². The van der Waals surface area contributed by atoms with Crippen LogP contribution in [0.1, 0.15) is 49.8 Å². The first-order valence-electron chi connectivity index (χ1n) is 8.76. The largest absolute Gasteiger partial charge is 0.350 e. The molecule has 2 amide bonds. The lowest BCUT2D eigenvalue weighted by Gasteiger charge is -2.31. The second-order valence-electron chi connectivity index (χ2n) is 7.46. The Kier molecular flexibility index (Phi) is 3.92. The smallest absolute Gasteiger partial charge is 0.222 e. The van der Waals surface area contributed by atoms with E-state index in [2.05, 4.69) is 27.7 Å². The number of nitrogens with zero attached hydrogens (tertiary/aromatic N) is 1. The van der Waals surface area contributed by atoms with E-state index in [0.717, 1.165) is 31.7 Å². The van der Waals surface area contributed by atoms with Crippen LogP contribution in [0.2, 0.25) is 0 Å². The molecule has 2 saturated heterocycles. The van der Waals surface area contributed by atoms with Crippen LogP contribution in [0.25, 0.3) is 0 Å². The molecule has 1 saturated carbocycles. The monoisotopic (exact) mass is 332 g/mol. The number of hydrogen-bond donors (Lipinski definition) is 1. The van der Waals surface area contributed by atoms with Crippen molar-refractivity contribution < 1.29 is 9.59 Å². The fourth-order valence-corrected chi connectivity index (χ4v) is 5.50. The average molecular weight is 332 g/mol. The zero-order chi connectivity index (χ0) is 15.9. The van der Waals surface area contributed by atoms with Gasteiger partial charge in [0.15, 0.2) is 0 Å². The van der Waals surface area contributed by atoms with Crippen molar-refractivity contribution in [2.45, 2.75) is 62.9 Å². The maximum Gasteiger partial charge on any atom is 0.222 e. The molecule has 3 atom stereocenters. The molecule has 3 unspecified atom stereocenters. The molecule has 0 spiro atoms. The minimum Gasteiger partial charge on any atom is -0.350 e. The molecular formula is C18H24N2O2S. The van der Waals surface area contributed by atoms with Gasteiger partial charge in [-0.2, -0.15) is 0 Å². The number of amides is 2. The van der Waals surface area contributed by atoms with Crippen LogP contribution < -0.4 is 5.32 Å². The van der Waals surface area contributed by atoms with Crippen LogP contribution in [0.15, 0.2) is 17.5 Å². The number of hydrogen-bond acceptors (Lipinski definition) is 3. The van der Waals surface area contributed by atoms with Crippen LogP contribution in [0.3, 0.4) is 0 Å². The van der Waals surface area contributed by atoms with E-state index in [-0.39, 0.29) is 11.4 Å². The summed E-state index contributed by atoms with van der Waals surface area (Å²) in [6, 6.07) is 4.67. The van der Waals surface area contributed by atoms with Crippen molar-refractivity contribution in [1.82, 2.24) is 10.2 Å². The predicted octanol–water partition coefficient (Wildman–Crippen LogP) is 2.73. The van der Waals surface area contributed by atoms with E-state index in [9.17, 15) is 9.59 Å². The molecule has 3 heterocycles. The molecule has 1 aromatic heterocycles. The molecule has 5 heteroatoms. The first kappa shape index (κ1) is 15.2. The summed E-state index contributed by atoms with van der Waals surface area (Å²) in [5, 5.41) is 5.26. The third kappa shape index (κ3) is 3.03. The van der Waals surface area contributed by atoms with Crippen molar-refractivity contribution in [1.29, 1.82) is 0 Å². The summed E-state index contributed by atoms with van der Waals surface area (Å²) >= 11 is 1.73. The van der Waals surface area contributed by atoms with E-state index >= 15 is 0 Å². The van der Waals surface area contributed by atoms with E-state index in [1.165, 1.54) is 24.1 Å². The van der Waals surface area contributed by atoms with Crippen LogP contribution in [0.4, 0.5) is 0 Å². The van der Waals surface area contributed by atoms with E-state index in [0.29, 0.717) is 24.8 Å². The highest BCUT2D eigenvalue weighted by molar-refractivity contribution is 7.09. The van der Waals surface area contributed by atoms with Gasteiger partial charge in [-0.25, -0.2) is 0 Å². The number of piperidine rings is 1. The molecule has 3 aliphatic rings. The summed E-state index contributed by atoms with van der Waals surface area (Å²) in [5.41, 5.74) is -0.212. The highest BCUT2D eigenvalue weighted by Gasteiger charge is 2.42. The van der Waals surface area contributed by atoms with Gasteiger partial charge >= 0.3 is 0 Å². The molecule has 1 N–H and O–H groups in total. The quantitative estimate of drug-likeness (QED) is 0.901. The molecular weight excluding hydrogens is 308 g/mol. The summed E-state index contributed by atoms with van der Waals surface area (Å²) in [7, 11) is 0. The van der Waals surface area contributed by atoms with Gasteiger partial charge in [0.2, 0.25) is 11.8 Å². The molecule has 2 aliphatic heterocycles. The van der Waals surface area contributed by atoms with E-state index in [1.54, 1.807) is 11.3 Å². The maximum absolute atomic E-state index is 12.6. The van der Waals surface area contributed by atoms with E-state index < -0.39 is 0 Å². The Bertz CT molecular complexity index is 600. The first-order chi connectivity index (χ1) is 11.1. The van der Waals surface area contributed by atoms with Gasteiger partial charge < -0.3 is 10.2 Å². The third-order valence-electron chi connectivity index (χ3n) is 5.87. The number of likely N-dealkylation sites (tertiary alicyclic amines) is 1. The summed E-state index contributed by atoms with van der Waals surface area (Å²) in [6.07, 6.45) is 7.33. The highest BCUT2D eigenvalue weighted by Crippen LogP contribution is 2.38. The molecule has 124 valence electrons. The number of carbonyl (C=O) groups is 2. The summed E-state index contributed by atoms with van der Waals surface area (Å²) in [6.45, 7) is 0.966. The van der Waals surface area contributed by atoms with Crippen molar-refractivity contribution >= 4 is 23.2 Å². The molecule has 0 radical (unpaired) electrons. The third-order valence-corrected chi connectivity index (χ3v) is 6.75. The van der Waals surface area contributed by atoms with Crippen LogP contribution in [-0.4, -0.2) is 34.8 Å². The molecule has 2 bridgehead atoms. The Morgan fingerprint density at radius 1 is 1.43 bits per heavy atom. The molecule has 23 heavy (non-hydrogen) atoms. The second kappa shape index (κ2) is 5.93. The second-order valence-corrected chi connectivity index (χ2v) is 8.50. The normalized spacial score (nSPS) is 32.5. The maximum atomic E-state index is 12.6. The van der Waals surface area contributed by atoms with Crippen molar-refractivity contribution in [3.05, 3.63) is 22.4 Å². The Balaban J connectivity index is 1.40. The summed E-state index contributed by atoms with van der Waals surface area (Å²) in [4.78, 5) is 27.8. The Morgan fingerprint density at radius 3 is 2.96 bits per heavy atom. The van der Waals surface area contributed by atoms with E-state index in [1.807, 2.05) is 0 Å². The number of nitrogens with one attached hydrogen (secondary N) is 1. The molecule has 3 fully saturated rings. The topological polar surface area (TPSA) is 49.4 Å². The van der Waals surface area contributed by atoms with Crippen LogP contribution >= 0.6 is 11.3 Å². The van der Waals surface area contributed by atoms with Gasteiger partial charge in [0.05, 0.1) is 0 Å². The Hall–Kier alpha value is -1.36. The molecule has 1 aliphatic carbocycles. The molecule has 4 nitrogen and oxygen atoms in total. The van der Waals surface area contributed by atoms with Gasteiger partial charge in [0.25, 0.3) is 0 Å². The summed E-state index contributed by atoms with van der Waals surface area (Å²) in [5.74, 6) is 1.17. The summed E-state index contributed by atoms with van der Waals surface area (Å²) < 4.78 is 0. The SMILES string of the molecule is O=C1CCC(CCC(=O)N2CC3CCC2C3)(Cc2cccs2)N1. The van der Waals surface area contributed by atoms with Crippen molar-refractivity contribution in [3.63, 3.8) is 0 Å². The van der Waals surface area contributed by atoms with Gasteiger partial charge in [-0.15, -0.1) is 11.3 Å². The number of fused-ring (bicyclic) bond motifs is 2. The van der Waals surface area contributed by atoms with Crippen LogP contribution in [0, 0.1) is 5.92 Å². The van der Waals surface area contributed by atoms with Gasteiger partial charge in [-0.3, -0.25) is 9.59 Å². The van der Waals surface area contributed by atoms with Crippen molar-refractivity contribution in [2.75, 3.05) is 6.54 Å². The lowest BCUT2D eigenvalue weighted by Crippen LogP contribution is -2.45. The minimum absolute atomic E-state index is 0.134. The first-order valence-corrected chi connectivity index (χ1v) is 9.64. The van der Waals surface area contributed by atoms with Crippen molar-refractivity contribution in [3.8, 4) is 0 Å². The lowest BCUT2D eigenvalue weighted by molar-refractivity contribution is -0.133. The zero-order valence-electron chi connectivity index (χ0n) is 13.4. The van der Waals surface area contributed by atoms with Crippen LogP contribution in [0.5, 0.6) is 0 Å². The fourth-order valence-electron chi connectivity index (χ4n) is 4.65. The molecule has 0 aromatic carbocycles. The molecule has 1 aromatic rings. The standard InChI is InChI=1S/C18H24N2O2S/c21-16-5-7-18(19-16,11-15-2-1-9-23-15)8-6-17(22)20-12-13-3-4-14(20)10-13/h1-2,9,13-14H,3-8,10-12H2,(H,19,21). The van der Waals surface area contributed by atoms with E-state index in [4.69, 9.17) is 0 Å². The molecule has 4 rings (SSSR count). The van der Waals surface area contributed by atoms with Gasteiger partial charge in [0, 0.05) is 42.3 Å². The number of thiophene rings is 1. The minimum atomic E-state index is -0.212. The van der Waals surface area contributed by atoms with Gasteiger partial charge in [-0.1, -0.05) is 6.07 Å². The zero-order valence-corrected chi connectivity index (χ0v) is 14.2. The fraction of sp³-hybridized carbons (Fsp3) is 0.667. The van der Waals surface area contributed by atoms with Crippen LogP contribution in [-0.2, 0) is 16.0 Å². The van der Waals surface area contributed by atoms with Crippen molar-refractivity contribution in [2.24, 2.45) is 5.92 Å². The predicted molar refractivity (Wildman–Crippen MR) is 90.2 cm³/mol. The number of rotatable bonds is 5. The van der Waals surface area contributed by atoms with Gasteiger partial charge in [0.1, 0.15) is 0 Å². The number of carbonyl (C=O) groups excluding carboxylic acids is 2. The average Bonchev–Trinajstić information content (AvgIpc) is 3.30. The lowest BCUT2D eigenvalue weighted by atomic mass is 9.87.